The summed E-state index contributed by atoms with van der Waals surface area (Å²) >= 11 is 0. The van der Waals surface area contributed by atoms with Crippen LogP contribution in [0.25, 0.3) is 16.5 Å². The van der Waals surface area contributed by atoms with Crippen LogP contribution in [0.2, 0.25) is 0 Å². The van der Waals surface area contributed by atoms with Gasteiger partial charge in [0.15, 0.2) is 0 Å². The van der Waals surface area contributed by atoms with Crippen molar-refractivity contribution in [2.75, 3.05) is 0 Å². The van der Waals surface area contributed by atoms with Gasteiger partial charge in [0.2, 0.25) is 0 Å². The van der Waals surface area contributed by atoms with Crippen molar-refractivity contribution in [2.24, 2.45) is 5.73 Å². The number of terminal acetylenes is 1. The molecule has 0 amide bonds. The smallest absolute Gasteiger partial charge is 0.264 e. The molecule has 4 rings (SSSR count). The average Bonchev–Trinajstić information content (AvgIpc) is 3.02. The van der Waals surface area contributed by atoms with E-state index < -0.39 is 0 Å². The highest BCUT2D eigenvalue weighted by Gasteiger charge is 2.26. The van der Waals surface area contributed by atoms with Crippen molar-refractivity contribution in [3.63, 3.8) is 0 Å². The maximum absolute atomic E-state index is 13.4. The average molecular weight is 314 g/mol. The summed E-state index contributed by atoms with van der Waals surface area (Å²) in [6, 6.07) is 13.3. The summed E-state index contributed by atoms with van der Waals surface area (Å²) in [5.41, 5.74) is 10.9. The molecule has 1 heterocycles. The number of aromatic nitrogens is 1. The molecule has 1 aromatic heterocycles. The number of nitrogens with zero attached hydrogens (tertiary/aromatic N) is 1. The van der Waals surface area contributed by atoms with Crippen molar-refractivity contribution >= 4 is 10.8 Å². The summed E-state index contributed by atoms with van der Waals surface area (Å²) < 4.78 is 1.75. The van der Waals surface area contributed by atoms with Gasteiger partial charge in [-0.15, -0.1) is 6.42 Å². The zero-order chi connectivity index (χ0) is 16.8. The number of hydrogen-bond donors (Lipinski definition) is 1. The Kier molecular flexibility index (Phi) is 3.30. The molecule has 0 fully saturated rings. The number of benzene rings is 2. The van der Waals surface area contributed by atoms with E-state index in [9.17, 15) is 4.79 Å². The Hall–Kier alpha value is -2.83. The maximum atomic E-state index is 13.4. The van der Waals surface area contributed by atoms with Gasteiger partial charge < -0.3 is 5.73 Å². The second-order valence-corrected chi connectivity index (χ2v) is 6.30. The van der Waals surface area contributed by atoms with Crippen molar-refractivity contribution in [3.05, 3.63) is 75.2 Å². The number of hydrogen-bond acceptors (Lipinski definition) is 2. The van der Waals surface area contributed by atoms with Gasteiger partial charge in [-0.2, -0.15) is 0 Å². The standard InChI is InChI=1S/C21H18N2O/c1-3-14-9-10-15-11-12-17-18(15)19(14)21(24)23(20(17)13(2)22)16-7-5-4-6-8-16/h1,4-10,13H,11-12,22H2,2H3/t13-/m0/s1. The Morgan fingerprint density at radius 3 is 2.54 bits per heavy atom. The van der Waals surface area contributed by atoms with Gasteiger partial charge in [-0.25, -0.2) is 0 Å². The third-order valence-corrected chi connectivity index (χ3v) is 4.81. The number of para-hydroxylation sites is 1. The largest absolute Gasteiger partial charge is 0.323 e. The number of rotatable bonds is 2. The van der Waals surface area contributed by atoms with Crippen LogP contribution in [0.1, 0.15) is 35.3 Å². The zero-order valence-corrected chi connectivity index (χ0v) is 13.5. The van der Waals surface area contributed by atoms with Crippen LogP contribution in [0.15, 0.2) is 47.3 Å². The molecule has 24 heavy (non-hydrogen) atoms. The lowest BCUT2D eigenvalue weighted by atomic mass is 9.98. The first-order chi connectivity index (χ1) is 11.6. The molecule has 0 radical (unpaired) electrons. The van der Waals surface area contributed by atoms with E-state index in [1.54, 1.807) is 4.57 Å². The van der Waals surface area contributed by atoms with E-state index in [4.69, 9.17) is 12.2 Å². The molecule has 1 aliphatic rings. The fraction of sp³-hybridized carbons (Fsp3) is 0.190. The van der Waals surface area contributed by atoms with Crippen molar-refractivity contribution in [2.45, 2.75) is 25.8 Å². The van der Waals surface area contributed by atoms with Crippen molar-refractivity contribution in [3.8, 4) is 18.0 Å². The molecule has 1 aliphatic carbocycles. The van der Waals surface area contributed by atoms with E-state index in [2.05, 4.69) is 5.92 Å². The van der Waals surface area contributed by atoms with Crippen LogP contribution in [0.4, 0.5) is 0 Å². The Morgan fingerprint density at radius 1 is 1.12 bits per heavy atom. The lowest BCUT2D eigenvalue weighted by Crippen LogP contribution is -2.27. The van der Waals surface area contributed by atoms with E-state index in [1.807, 2.05) is 49.4 Å². The van der Waals surface area contributed by atoms with Gasteiger partial charge in [0.05, 0.1) is 5.39 Å². The van der Waals surface area contributed by atoms with E-state index in [-0.39, 0.29) is 11.6 Å². The Bertz CT molecular complexity index is 1050. The first kappa shape index (κ1) is 14.7. The van der Waals surface area contributed by atoms with Crippen LogP contribution < -0.4 is 11.3 Å². The van der Waals surface area contributed by atoms with Crippen LogP contribution in [-0.4, -0.2) is 4.57 Å². The van der Waals surface area contributed by atoms with Gasteiger partial charge in [-0.3, -0.25) is 9.36 Å². The molecule has 0 spiro atoms. The van der Waals surface area contributed by atoms with Gasteiger partial charge in [0, 0.05) is 23.0 Å². The second kappa shape index (κ2) is 5.36. The monoisotopic (exact) mass is 314 g/mol. The van der Waals surface area contributed by atoms with Gasteiger partial charge >= 0.3 is 0 Å². The minimum Gasteiger partial charge on any atom is -0.323 e. The summed E-state index contributed by atoms with van der Waals surface area (Å²) in [4.78, 5) is 13.4. The van der Waals surface area contributed by atoms with Crippen LogP contribution in [0.3, 0.4) is 0 Å². The van der Waals surface area contributed by atoms with Crippen LogP contribution >= 0.6 is 0 Å². The topological polar surface area (TPSA) is 48.0 Å². The maximum Gasteiger partial charge on any atom is 0.264 e. The predicted molar refractivity (Wildman–Crippen MR) is 97.5 cm³/mol. The molecule has 118 valence electrons. The van der Waals surface area contributed by atoms with E-state index >= 15 is 0 Å². The summed E-state index contributed by atoms with van der Waals surface area (Å²) in [5, 5.41) is 1.67. The molecule has 1 atom stereocenters. The lowest BCUT2D eigenvalue weighted by molar-refractivity contribution is 0.718. The van der Waals surface area contributed by atoms with Crippen molar-refractivity contribution in [1.82, 2.24) is 4.57 Å². The Labute approximate surface area is 140 Å². The van der Waals surface area contributed by atoms with E-state index in [0.717, 1.165) is 35.2 Å². The molecule has 3 nitrogen and oxygen atoms in total. The fourth-order valence-corrected chi connectivity index (χ4v) is 3.85. The Morgan fingerprint density at radius 2 is 1.88 bits per heavy atom. The summed E-state index contributed by atoms with van der Waals surface area (Å²) in [6.45, 7) is 1.93. The second-order valence-electron chi connectivity index (χ2n) is 6.30. The molecular formula is C21H18N2O. The van der Waals surface area contributed by atoms with Crippen molar-refractivity contribution in [1.29, 1.82) is 0 Å². The SMILES string of the molecule is C#Cc1ccc2c3c(c([C@H](C)N)n(-c4ccccc4)c(=O)c13)CC2. The molecule has 0 unspecified atom stereocenters. The minimum atomic E-state index is -0.238. The molecular weight excluding hydrogens is 296 g/mol. The third-order valence-electron chi connectivity index (χ3n) is 4.81. The minimum absolute atomic E-state index is 0.0797. The molecule has 2 N–H and O–H groups in total. The summed E-state index contributed by atoms with van der Waals surface area (Å²) in [7, 11) is 0. The fourth-order valence-electron chi connectivity index (χ4n) is 3.85. The molecule has 0 bridgehead atoms. The zero-order valence-electron chi connectivity index (χ0n) is 13.5. The molecule has 2 aromatic carbocycles. The number of aryl methyl sites for hydroxylation is 2. The quantitative estimate of drug-likeness (QED) is 0.739. The highest BCUT2D eigenvalue weighted by atomic mass is 16.1. The Balaban J connectivity index is 2.26. The van der Waals surface area contributed by atoms with E-state index in [1.165, 1.54) is 5.56 Å². The predicted octanol–water partition coefficient (Wildman–Crippen LogP) is 3.09. The molecule has 0 aliphatic heterocycles. The van der Waals surface area contributed by atoms with Crippen LogP contribution in [0.5, 0.6) is 0 Å². The molecule has 0 saturated heterocycles. The van der Waals surface area contributed by atoms with Gasteiger partial charge in [-0.1, -0.05) is 30.2 Å². The van der Waals surface area contributed by atoms with E-state index in [0.29, 0.717) is 10.9 Å². The first-order valence-electron chi connectivity index (χ1n) is 8.14. The summed E-state index contributed by atoms with van der Waals surface area (Å²) in [5.74, 6) is 2.68. The summed E-state index contributed by atoms with van der Waals surface area (Å²) in [6.07, 6.45) is 7.49. The molecule has 3 aromatic rings. The highest BCUT2D eigenvalue weighted by molar-refractivity contribution is 5.95. The third kappa shape index (κ3) is 1.94. The molecule has 3 heteroatoms. The molecule has 0 saturated carbocycles. The van der Waals surface area contributed by atoms with Crippen LogP contribution in [-0.2, 0) is 12.8 Å². The number of pyridine rings is 1. The van der Waals surface area contributed by atoms with Gasteiger partial charge in [-0.05, 0) is 54.5 Å². The highest BCUT2D eigenvalue weighted by Crippen LogP contribution is 2.35. The number of nitrogens with two attached hydrogens (primary N) is 1. The van der Waals surface area contributed by atoms with Gasteiger partial charge in [0.25, 0.3) is 5.56 Å². The lowest BCUT2D eigenvalue weighted by Gasteiger charge is -2.20. The normalized spacial score (nSPS) is 13.9. The van der Waals surface area contributed by atoms with Crippen molar-refractivity contribution < 1.29 is 0 Å². The van der Waals surface area contributed by atoms with Gasteiger partial charge in [0.1, 0.15) is 0 Å². The van der Waals surface area contributed by atoms with Crippen LogP contribution in [0, 0.1) is 12.3 Å². The first-order valence-corrected chi connectivity index (χ1v) is 8.14.